The van der Waals surface area contributed by atoms with Crippen LogP contribution in [0.5, 0.6) is 0 Å². The standard InChI is InChI=1S/C62H112O6/c1-4-7-10-13-16-19-22-24-26-27-28-29-30-31-32-33-34-35-37-38-40-43-46-49-52-55-61(64)67-58-59(57-66-60(63)54-51-48-45-42-21-18-15-12-9-6-3)68-62(65)56-53-50-47-44-41-39-36-25-23-20-17-14-11-8-5-2/h7,10,16,19,24,26,28-29,59H,4-6,8-9,11-15,17-18,20-23,25,27,30-58H2,1-3H3/b10-7-,19-16-,26-24-,29-28-. The molecule has 0 saturated carbocycles. The smallest absolute Gasteiger partial charge is 0.306 e. The van der Waals surface area contributed by atoms with E-state index in [0.29, 0.717) is 19.3 Å². The van der Waals surface area contributed by atoms with Crippen LogP contribution in [0.1, 0.15) is 310 Å². The van der Waals surface area contributed by atoms with E-state index in [1.807, 2.05) is 0 Å². The van der Waals surface area contributed by atoms with E-state index in [1.54, 1.807) is 0 Å². The zero-order chi connectivity index (χ0) is 49.3. The van der Waals surface area contributed by atoms with Crippen LogP contribution in [0, 0.1) is 0 Å². The van der Waals surface area contributed by atoms with Crippen molar-refractivity contribution in [2.45, 2.75) is 316 Å². The molecule has 68 heavy (non-hydrogen) atoms. The summed E-state index contributed by atoms with van der Waals surface area (Å²) in [6, 6.07) is 0. The molecule has 0 fully saturated rings. The third-order valence-corrected chi connectivity index (χ3v) is 13.1. The average Bonchev–Trinajstić information content (AvgIpc) is 3.34. The molecule has 0 saturated heterocycles. The highest BCUT2D eigenvalue weighted by molar-refractivity contribution is 5.71. The summed E-state index contributed by atoms with van der Waals surface area (Å²) in [5.74, 6) is -0.855. The molecule has 0 aromatic rings. The normalized spacial score (nSPS) is 12.3. The van der Waals surface area contributed by atoms with Crippen LogP contribution in [0.25, 0.3) is 0 Å². The van der Waals surface area contributed by atoms with Crippen LogP contribution in [0.15, 0.2) is 48.6 Å². The van der Waals surface area contributed by atoms with Gasteiger partial charge in [0.2, 0.25) is 0 Å². The molecule has 0 aromatic heterocycles. The van der Waals surface area contributed by atoms with Crippen LogP contribution < -0.4 is 0 Å². The number of carbonyl (C=O) groups is 3. The summed E-state index contributed by atoms with van der Waals surface area (Å²) < 4.78 is 16.9. The van der Waals surface area contributed by atoms with E-state index in [9.17, 15) is 14.4 Å². The van der Waals surface area contributed by atoms with Crippen molar-refractivity contribution in [3.05, 3.63) is 48.6 Å². The number of hydrogen-bond donors (Lipinski definition) is 0. The highest BCUT2D eigenvalue weighted by atomic mass is 16.6. The van der Waals surface area contributed by atoms with Crippen LogP contribution in [0.4, 0.5) is 0 Å². The summed E-state index contributed by atoms with van der Waals surface area (Å²) in [6.45, 7) is 6.55. The Hall–Kier alpha value is -2.63. The van der Waals surface area contributed by atoms with Crippen molar-refractivity contribution in [3.63, 3.8) is 0 Å². The van der Waals surface area contributed by atoms with Crippen molar-refractivity contribution < 1.29 is 28.6 Å². The van der Waals surface area contributed by atoms with Crippen molar-refractivity contribution in [2.24, 2.45) is 0 Å². The fraction of sp³-hybridized carbons (Fsp3) is 0.823. The second-order valence-corrected chi connectivity index (χ2v) is 19.9. The highest BCUT2D eigenvalue weighted by Gasteiger charge is 2.19. The second kappa shape index (κ2) is 57.0. The van der Waals surface area contributed by atoms with Gasteiger partial charge in [0, 0.05) is 19.3 Å². The number of hydrogen-bond acceptors (Lipinski definition) is 6. The maximum Gasteiger partial charge on any atom is 0.306 e. The van der Waals surface area contributed by atoms with Gasteiger partial charge < -0.3 is 14.2 Å². The number of ether oxygens (including phenoxy) is 3. The molecule has 0 aliphatic rings. The molecule has 0 N–H and O–H groups in total. The Bertz CT molecular complexity index is 1190. The minimum Gasteiger partial charge on any atom is -0.462 e. The Kier molecular flexibility index (Phi) is 54.8. The summed E-state index contributed by atoms with van der Waals surface area (Å²) in [5.41, 5.74) is 0. The maximum absolute atomic E-state index is 12.8. The van der Waals surface area contributed by atoms with Crippen molar-refractivity contribution in [1.82, 2.24) is 0 Å². The van der Waals surface area contributed by atoms with Crippen molar-refractivity contribution in [3.8, 4) is 0 Å². The molecular formula is C62H112O6. The molecule has 0 rings (SSSR count). The minimum atomic E-state index is -0.768. The Labute approximate surface area is 422 Å². The Morgan fingerprint density at radius 3 is 0.897 bits per heavy atom. The Morgan fingerprint density at radius 1 is 0.309 bits per heavy atom. The van der Waals surface area contributed by atoms with Crippen LogP contribution in [0.2, 0.25) is 0 Å². The summed E-state index contributed by atoms with van der Waals surface area (Å²) in [4.78, 5) is 38.1. The predicted molar refractivity (Wildman–Crippen MR) is 293 cm³/mol. The van der Waals surface area contributed by atoms with Gasteiger partial charge in [-0.15, -0.1) is 0 Å². The van der Waals surface area contributed by atoms with Crippen molar-refractivity contribution >= 4 is 17.9 Å². The number of esters is 3. The van der Waals surface area contributed by atoms with Gasteiger partial charge in [-0.2, -0.15) is 0 Å². The van der Waals surface area contributed by atoms with Gasteiger partial charge in [0.05, 0.1) is 0 Å². The lowest BCUT2D eigenvalue weighted by Gasteiger charge is -2.18. The third-order valence-electron chi connectivity index (χ3n) is 13.1. The molecule has 0 bridgehead atoms. The van der Waals surface area contributed by atoms with Gasteiger partial charge in [-0.05, 0) is 57.8 Å². The van der Waals surface area contributed by atoms with Crippen molar-refractivity contribution in [1.29, 1.82) is 0 Å². The number of carbonyl (C=O) groups excluding carboxylic acids is 3. The first-order chi connectivity index (χ1) is 33.5. The van der Waals surface area contributed by atoms with E-state index in [2.05, 4.69) is 69.4 Å². The lowest BCUT2D eigenvalue weighted by atomic mass is 10.0. The van der Waals surface area contributed by atoms with E-state index < -0.39 is 6.10 Å². The lowest BCUT2D eigenvalue weighted by Crippen LogP contribution is -2.30. The first kappa shape index (κ1) is 65.4. The van der Waals surface area contributed by atoms with Crippen LogP contribution in [-0.4, -0.2) is 37.2 Å². The van der Waals surface area contributed by atoms with Crippen LogP contribution in [-0.2, 0) is 28.6 Å². The summed E-state index contributed by atoms with van der Waals surface area (Å²) >= 11 is 0. The predicted octanol–water partition coefficient (Wildman–Crippen LogP) is 19.8. The Balaban J connectivity index is 4.20. The topological polar surface area (TPSA) is 78.9 Å². The van der Waals surface area contributed by atoms with Crippen LogP contribution in [0.3, 0.4) is 0 Å². The molecule has 1 atom stereocenters. The fourth-order valence-electron chi connectivity index (χ4n) is 8.67. The van der Waals surface area contributed by atoms with E-state index in [0.717, 1.165) is 83.5 Å². The molecular weight excluding hydrogens is 841 g/mol. The van der Waals surface area contributed by atoms with E-state index in [4.69, 9.17) is 14.2 Å². The average molecular weight is 954 g/mol. The Morgan fingerprint density at radius 2 is 0.574 bits per heavy atom. The minimum absolute atomic E-state index is 0.0683. The third kappa shape index (κ3) is 54.3. The number of unbranched alkanes of at least 4 members (excludes halogenated alkanes) is 35. The molecule has 6 heteroatoms. The molecule has 0 aliphatic carbocycles. The second-order valence-electron chi connectivity index (χ2n) is 19.9. The molecule has 0 radical (unpaired) electrons. The van der Waals surface area contributed by atoms with Crippen LogP contribution >= 0.6 is 0 Å². The number of rotatable bonds is 54. The molecule has 0 spiro atoms. The van der Waals surface area contributed by atoms with E-state index in [1.165, 1.54) is 186 Å². The lowest BCUT2D eigenvalue weighted by molar-refractivity contribution is -0.167. The van der Waals surface area contributed by atoms with Gasteiger partial charge in [-0.3, -0.25) is 14.4 Å². The van der Waals surface area contributed by atoms with Gasteiger partial charge in [-0.1, -0.05) is 281 Å². The monoisotopic (exact) mass is 953 g/mol. The van der Waals surface area contributed by atoms with Gasteiger partial charge >= 0.3 is 17.9 Å². The number of allylic oxidation sites excluding steroid dienone is 8. The van der Waals surface area contributed by atoms with Gasteiger partial charge in [0.25, 0.3) is 0 Å². The molecule has 6 nitrogen and oxygen atoms in total. The summed E-state index contributed by atoms with van der Waals surface area (Å²) in [6.07, 6.45) is 69.7. The van der Waals surface area contributed by atoms with Gasteiger partial charge in [-0.25, -0.2) is 0 Å². The SMILES string of the molecule is CC/C=C\C/C=C\C/C=C\C/C=C\CCCCCCCCCCCCCCC(=O)OCC(COC(=O)CCCCCCCCCCCC)OC(=O)CCCCCCCCCCCCCCCCC. The molecule has 396 valence electrons. The van der Waals surface area contributed by atoms with E-state index in [-0.39, 0.29) is 31.1 Å². The molecule has 0 aromatic carbocycles. The quantitative estimate of drug-likeness (QED) is 0.0262. The maximum atomic E-state index is 12.8. The summed E-state index contributed by atoms with van der Waals surface area (Å²) in [7, 11) is 0. The fourth-order valence-corrected chi connectivity index (χ4v) is 8.67. The molecule has 0 aliphatic heterocycles. The highest BCUT2D eigenvalue weighted by Crippen LogP contribution is 2.17. The molecule has 0 heterocycles. The van der Waals surface area contributed by atoms with E-state index >= 15 is 0 Å². The van der Waals surface area contributed by atoms with Gasteiger partial charge in [0.15, 0.2) is 6.10 Å². The molecule has 1 unspecified atom stereocenters. The first-order valence-corrected chi connectivity index (χ1v) is 29.6. The zero-order valence-electron chi connectivity index (χ0n) is 45.4. The molecule has 0 amide bonds. The largest absolute Gasteiger partial charge is 0.462 e. The zero-order valence-corrected chi connectivity index (χ0v) is 45.4. The van der Waals surface area contributed by atoms with Crippen molar-refractivity contribution in [2.75, 3.05) is 13.2 Å². The first-order valence-electron chi connectivity index (χ1n) is 29.6. The van der Waals surface area contributed by atoms with Gasteiger partial charge in [0.1, 0.15) is 13.2 Å². The summed E-state index contributed by atoms with van der Waals surface area (Å²) in [5, 5.41) is 0.